The van der Waals surface area contributed by atoms with E-state index in [2.05, 4.69) is 9.97 Å². The molecular weight excluding hydrogens is 321 g/mol. The maximum absolute atomic E-state index is 13.0. The smallest absolute Gasteiger partial charge is 0.216 e. The number of rotatable bonds is 5. The van der Waals surface area contributed by atoms with E-state index in [9.17, 15) is 9.50 Å². The van der Waals surface area contributed by atoms with Gasteiger partial charge in [-0.05, 0) is 44.0 Å². The van der Waals surface area contributed by atoms with E-state index >= 15 is 0 Å². The monoisotopic (exact) mass is 349 g/mol. The Balaban J connectivity index is 0.00000109. The van der Waals surface area contributed by atoms with E-state index in [1.54, 1.807) is 12.1 Å². The Morgan fingerprint density at radius 1 is 1.28 bits per heavy atom. The van der Waals surface area contributed by atoms with Crippen molar-refractivity contribution in [2.45, 2.75) is 45.9 Å². The Kier molecular flexibility index (Phi) is 7.55. The van der Waals surface area contributed by atoms with E-state index in [4.69, 9.17) is 4.74 Å². The van der Waals surface area contributed by atoms with Gasteiger partial charge < -0.3 is 14.8 Å². The zero-order chi connectivity index (χ0) is 18.2. The standard InChI is InChI=1S/C17H22FN3O2.C2H6/c1-2-23-17(22)21-9-7-12(8-10-21)15-11-19-16(20-15)13-3-5-14(18)6-4-13;1-2/h3-6,11-12,17,22H,2,7-10H2,1H3,(H,19,20);1-2H3. The van der Waals surface area contributed by atoms with Crippen LogP contribution in [0, 0.1) is 5.82 Å². The number of likely N-dealkylation sites (tertiary alicyclic amines) is 1. The normalized spacial score (nSPS) is 17.0. The molecule has 0 bridgehead atoms. The average Bonchev–Trinajstić information content (AvgIpc) is 3.14. The third kappa shape index (κ3) is 5.11. The molecule has 2 N–H and O–H groups in total. The molecule has 1 aliphatic heterocycles. The summed E-state index contributed by atoms with van der Waals surface area (Å²) in [6, 6.07) is 6.31. The van der Waals surface area contributed by atoms with E-state index in [0.717, 1.165) is 43.0 Å². The highest BCUT2D eigenvalue weighted by molar-refractivity contribution is 5.55. The number of aromatic nitrogens is 2. The number of aliphatic hydroxyl groups excluding tert-OH is 1. The summed E-state index contributed by atoms with van der Waals surface area (Å²) in [6.45, 7) is 7.95. The van der Waals surface area contributed by atoms with Gasteiger partial charge in [-0.1, -0.05) is 13.8 Å². The van der Waals surface area contributed by atoms with Crippen LogP contribution in [-0.4, -0.2) is 46.1 Å². The van der Waals surface area contributed by atoms with Gasteiger partial charge in [0.25, 0.3) is 0 Å². The number of aliphatic hydroxyl groups is 1. The molecule has 0 amide bonds. The molecule has 1 saturated heterocycles. The zero-order valence-corrected chi connectivity index (χ0v) is 15.2. The van der Waals surface area contributed by atoms with Crippen LogP contribution in [0.4, 0.5) is 4.39 Å². The van der Waals surface area contributed by atoms with Gasteiger partial charge >= 0.3 is 0 Å². The summed E-state index contributed by atoms with van der Waals surface area (Å²) in [5, 5.41) is 9.86. The number of hydrogen-bond acceptors (Lipinski definition) is 4. The van der Waals surface area contributed by atoms with Gasteiger partial charge in [0.1, 0.15) is 11.6 Å². The lowest BCUT2D eigenvalue weighted by molar-refractivity contribution is -0.195. The third-order valence-corrected chi connectivity index (χ3v) is 4.31. The topological polar surface area (TPSA) is 61.4 Å². The second kappa shape index (κ2) is 9.65. The Morgan fingerprint density at radius 2 is 1.92 bits per heavy atom. The van der Waals surface area contributed by atoms with Crippen LogP contribution in [0.1, 0.15) is 45.2 Å². The first-order valence-electron chi connectivity index (χ1n) is 9.02. The molecule has 5 nitrogen and oxygen atoms in total. The first-order valence-corrected chi connectivity index (χ1v) is 9.02. The minimum absolute atomic E-state index is 0.249. The fourth-order valence-corrected chi connectivity index (χ4v) is 2.98. The minimum atomic E-state index is -0.808. The maximum Gasteiger partial charge on any atom is 0.216 e. The molecule has 0 spiro atoms. The van der Waals surface area contributed by atoms with Crippen LogP contribution >= 0.6 is 0 Å². The quantitative estimate of drug-likeness (QED) is 0.808. The van der Waals surface area contributed by atoms with E-state index < -0.39 is 6.41 Å². The average molecular weight is 349 g/mol. The minimum Gasteiger partial charge on any atom is -0.356 e. The van der Waals surface area contributed by atoms with Crippen molar-refractivity contribution in [3.8, 4) is 11.4 Å². The summed E-state index contributed by atoms with van der Waals surface area (Å²) in [6.07, 6.45) is 2.93. The van der Waals surface area contributed by atoms with Crippen molar-refractivity contribution < 1.29 is 14.2 Å². The number of halogens is 1. The van der Waals surface area contributed by atoms with Crippen molar-refractivity contribution in [2.24, 2.45) is 0 Å². The third-order valence-electron chi connectivity index (χ3n) is 4.31. The molecular formula is C19H28FN3O2. The van der Waals surface area contributed by atoms with Crippen LogP contribution < -0.4 is 0 Å². The van der Waals surface area contributed by atoms with E-state index in [1.807, 2.05) is 31.9 Å². The number of piperidine rings is 1. The van der Waals surface area contributed by atoms with Gasteiger partial charge in [0.05, 0.1) is 0 Å². The molecule has 3 rings (SSSR count). The zero-order valence-electron chi connectivity index (χ0n) is 15.2. The molecule has 138 valence electrons. The lowest BCUT2D eigenvalue weighted by Gasteiger charge is -2.34. The molecule has 1 aliphatic rings. The fraction of sp³-hybridized carbons (Fsp3) is 0.526. The molecule has 1 unspecified atom stereocenters. The van der Waals surface area contributed by atoms with Crippen LogP contribution in [0.5, 0.6) is 0 Å². The molecule has 2 heterocycles. The molecule has 0 aliphatic carbocycles. The number of ether oxygens (including phenoxy) is 1. The number of nitrogens with one attached hydrogen (secondary N) is 1. The molecule has 25 heavy (non-hydrogen) atoms. The van der Waals surface area contributed by atoms with Gasteiger partial charge in [-0.15, -0.1) is 0 Å². The van der Waals surface area contributed by atoms with Crippen LogP contribution in [0.15, 0.2) is 30.5 Å². The number of benzene rings is 1. The summed E-state index contributed by atoms with van der Waals surface area (Å²) in [5.74, 6) is 0.902. The van der Waals surface area contributed by atoms with Gasteiger partial charge in [-0.25, -0.2) is 9.37 Å². The molecule has 2 aromatic rings. The second-order valence-corrected chi connectivity index (χ2v) is 5.79. The van der Waals surface area contributed by atoms with Crippen molar-refractivity contribution >= 4 is 0 Å². The highest BCUT2D eigenvalue weighted by Gasteiger charge is 2.26. The van der Waals surface area contributed by atoms with Crippen LogP contribution in [0.25, 0.3) is 11.4 Å². The van der Waals surface area contributed by atoms with Crippen LogP contribution in [-0.2, 0) is 4.74 Å². The van der Waals surface area contributed by atoms with E-state index in [0.29, 0.717) is 12.5 Å². The number of hydrogen-bond donors (Lipinski definition) is 2. The fourth-order valence-electron chi connectivity index (χ4n) is 2.98. The van der Waals surface area contributed by atoms with Gasteiger partial charge in [-0.2, -0.15) is 0 Å². The highest BCUT2D eigenvalue weighted by atomic mass is 19.1. The van der Waals surface area contributed by atoms with Crippen LogP contribution in [0.3, 0.4) is 0 Å². The van der Waals surface area contributed by atoms with Crippen molar-refractivity contribution in [1.82, 2.24) is 14.9 Å². The molecule has 1 fully saturated rings. The molecule has 1 aromatic carbocycles. The van der Waals surface area contributed by atoms with Crippen LogP contribution in [0.2, 0.25) is 0 Å². The molecule has 1 aromatic heterocycles. The van der Waals surface area contributed by atoms with E-state index in [-0.39, 0.29) is 5.82 Å². The molecule has 0 saturated carbocycles. The number of H-pyrrole nitrogens is 1. The lowest BCUT2D eigenvalue weighted by atomic mass is 9.94. The lowest BCUT2D eigenvalue weighted by Crippen LogP contribution is -2.42. The predicted molar refractivity (Wildman–Crippen MR) is 96.5 cm³/mol. The summed E-state index contributed by atoms with van der Waals surface area (Å²) in [4.78, 5) is 9.69. The number of nitrogens with zero attached hydrogens (tertiary/aromatic N) is 2. The summed E-state index contributed by atoms with van der Waals surface area (Å²) < 4.78 is 18.2. The van der Waals surface area contributed by atoms with Crippen molar-refractivity contribution in [1.29, 1.82) is 0 Å². The van der Waals surface area contributed by atoms with Gasteiger partial charge in [0.2, 0.25) is 6.41 Å². The number of imidazole rings is 1. The Bertz CT molecular complexity index is 622. The summed E-state index contributed by atoms with van der Waals surface area (Å²) in [7, 11) is 0. The largest absolute Gasteiger partial charge is 0.356 e. The Morgan fingerprint density at radius 3 is 2.52 bits per heavy atom. The maximum atomic E-state index is 13.0. The summed E-state index contributed by atoms with van der Waals surface area (Å²) in [5.41, 5.74) is 1.97. The Labute approximate surface area is 148 Å². The van der Waals surface area contributed by atoms with Gasteiger partial charge in [0, 0.05) is 43.1 Å². The van der Waals surface area contributed by atoms with Crippen molar-refractivity contribution in [3.63, 3.8) is 0 Å². The van der Waals surface area contributed by atoms with Crippen molar-refractivity contribution in [2.75, 3.05) is 19.7 Å². The van der Waals surface area contributed by atoms with Gasteiger partial charge in [-0.3, -0.25) is 4.90 Å². The first-order chi connectivity index (χ1) is 12.2. The predicted octanol–water partition coefficient (Wildman–Crippen LogP) is 3.73. The first kappa shape index (κ1) is 19.6. The second-order valence-electron chi connectivity index (χ2n) is 5.79. The molecule has 6 heteroatoms. The van der Waals surface area contributed by atoms with Crippen molar-refractivity contribution in [3.05, 3.63) is 42.0 Å². The van der Waals surface area contributed by atoms with Gasteiger partial charge in [0.15, 0.2) is 0 Å². The molecule has 1 atom stereocenters. The SMILES string of the molecule is CC.CCOC(O)N1CCC(c2cnc(-c3ccc(F)cc3)[nH]2)CC1. The summed E-state index contributed by atoms with van der Waals surface area (Å²) >= 11 is 0. The van der Waals surface area contributed by atoms with E-state index in [1.165, 1.54) is 12.1 Å². The Hall–Kier alpha value is -1.76. The highest BCUT2D eigenvalue weighted by Crippen LogP contribution is 2.29. The molecule has 0 radical (unpaired) electrons. The number of aromatic amines is 1.